The Labute approximate surface area is 136 Å². The van der Waals surface area contributed by atoms with Gasteiger partial charge in [0.1, 0.15) is 0 Å². The van der Waals surface area contributed by atoms with Crippen molar-refractivity contribution < 1.29 is 20.4 Å². The van der Waals surface area contributed by atoms with Crippen LogP contribution in [0.25, 0.3) is 11.1 Å². The topological polar surface area (TPSA) is 17.8 Å². The molecule has 1 aromatic heterocycles. The molecule has 0 spiro atoms. The van der Waals surface area contributed by atoms with E-state index in [4.69, 9.17) is 0 Å². The third-order valence-electron chi connectivity index (χ3n) is 3.68. The van der Waals surface area contributed by atoms with Gasteiger partial charge in [0.2, 0.25) is 0 Å². The molecule has 0 fully saturated rings. The second kappa shape index (κ2) is 6.70. The Balaban J connectivity index is 0.00000200. The number of aryl methyl sites for hydroxylation is 1. The normalized spacial score (nSPS) is 11.0. The van der Waals surface area contributed by atoms with Crippen LogP contribution in [-0.4, -0.2) is 9.78 Å². The predicted molar refractivity (Wildman–Crippen MR) is 81.6 cm³/mol. The van der Waals surface area contributed by atoms with E-state index in [1.807, 2.05) is 0 Å². The van der Waals surface area contributed by atoms with Crippen molar-refractivity contribution in [3.63, 3.8) is 0 Å². The van der Waals surface area contributed by atoms with Crippen LogP contribution in [0.3, 0.4) is 0 Å². The minimum atomic E-state index is 0. The predicted octanol–water partition coefficient (Wildman–Crippen LogP) is 4.87. The second-order valence-electron chi connectivity index (χ2n) is 5.86. The molecule has 112 valence electrons. The summed E-state index contributed by atoms with van der Waals surface area (Å²) in [6.07, 6.45) is 0. The van der Waals surface area contributed by atoms with Gasteiger partial charge in [0.05, 0.1) is 5.69 Å². The van der Waals surface area contributed by atoms with E-state index in [9.17, 15) is 0 Å². The summed E-state index contributed by atoms with van der Waals surface area (Å²) >= 11 is 0. The van der Waals surface area contributed by atoms with E-state index in [1.165, 1.54) is 22.4 Å². The van der Waals surface area contributed by atoms with Crippen LogP contribution in [0.4, 0.5) is 0 Å². The monoisotopic (exact) mass is 362 g/mol. The maximum Gasteiger partial charge on any atom is 0.0675 e. The van der Waals surface area contributed by atoms with Crippen LogP contribution >= 0.6 is 0 Å². The molecule has 2 nitrogen and oxygen atoms in total. The van der Waals surface area contributed by atoms with Gasteiger partial charge >= 0.3 is 0 Å². The van der Waals surface area contributed by atoms with Crippen LogP contribution < -0.4 is 0 Å². The summed E-state index contributed by atoms with van der Waals surface area (Å²) in [5.41, 5.74) is 6.30. The third-order valence-corrected chi connectivity index (χ3v) is 3.68. The van der Waals surface area contributed by atoms with Gasteiger partial charge in [-0.1, -0.05) is 38.1 Å². The third kappa shape index (κ3) is 3.22. The molecule has 0 unspecified atom stereocenters. The van der Waals surface area contributed by atoms with Crippen LogP contribution in [0.5, 0.6) is 0 Å². The van der Waals surface area contributed by atoms with E-state index in [-0.39, 0.29) is 20.4 Å². The quantitative estimate of drug-likeness (QED) is 0.712. The molecule has 0 aliphatic carbocycles. The fourth-order valence-corrected chi connectivity index (χ4v) is 2.62. The zero-order valence-electron chi connectivity index (χ0n) is 13.2. The molecular weight excluding hydrogens is 339 g/mol. The Kier molecular flexibility index (Phi) is 5.74. The molecule has 2 aromatic rings. The molecule has 2 rings (SSSR count). The molecule has 0 aliphatic rings. The van der Waals surface area contributed by atoms with Crippen molar-refractivity contribution in [3.8, 4) is 11.1 Å². The number of benzene rings is 1. The van der Waals surface area contributed by atoms with Gasteiger partial charge in [-0.15, -0.1) is 0 Å². The summed E-state index contributed by atoms with van der Waals surface area (Å²) in [6, 6.07) is 9.30. The summed E-state index contributed by atoms with van der Waals surface area (Å²) < 4.78 is 2.11. The van der Waals surface area contributed by atoms with Crippen LogP contribution in [0.15, 0.2) is 24.3 Å². The zero-order valence-corrected chi connectivity index (χ0v) is 14.7. The molecule has 1 heterocycles. The van der Waals surface area contributed by atoms with Gasteiger partial charge in [0, 0.05) is 37.7 Å². The van der Waals surface area contributed by atoms with E-state index in [1.54, 1.807) is 0 Å². The zero-order chi connectivity index (χ0) is 14.2. The average Bonchev–Trinajstić information content (AvgIpc) is 2.65. The molecule has 0 aliphatic heterocycles. The van der Waals surface area contributed by atoms with E-state index >= 15 is 0 Å². The van der Waals surface area contributed by atoms with Gasteiger partial charge in [-0.3, -0.25) is 4.68 Å². The van der Waals surface area contributed by atoms with Crippen molar-refractivity contribution in [1.82, 2.24) is 9.78 Å². The van der Waals surface area contributed by atoms with Gasteiger partial charge in [0.15, 0.2) is 0 Å². The Morgan fingerprint density at radius 2 is 1.50 bits per heavy atom. The molecule has 0 saturated carbocycles. The van der Waals surface area contributed by atoms with Gasteiger partial charge in [-0.05, 0) is 44.7 Å². The first-order valence-electron chi connectivity index (χ1n) is 7.07. The van der Waals surface area contributed by atoms with Crippen molar-refractivity contribution >= 4 is 0 Å². The van der Waals surface area contributed by atoms with Gasteiger partial charge in [-0.25, -0.2) is 0 Å². The summed E-state index contributed by atoms with van der Waals surface area (Å²) in [5.74, 6) is 0.578. The summed E-state index contributed by atoms with van der Waals surface area (Å²) in [5, 5.41) is 4.66. The van der Waals surface area contributed by atoms with E-state index in [2.05, 4.69) is 75.6 Å². The molecule has 0 amide bonds. The summed E-state index contributed by atoms with van der Waals surface area (Å²) in [4.78, 5) is 0. The van der Waals surface area contributed by atoms with E-state index in [0.29, 0.717) is 12.0 Å². The molecule has 20 heavy (non-hydrogen) atoms. The van der Waals surface area contributed by atoms with Gasteiger partial charge in [-0.2, -0.15) is 5.10 Å². The number of hydrogen-bond donors (Lipinski definition) is 0. The number of hydrogen-bond acceptors (Lipinski definition) is 1. The van der Waals surface area contributed by atoms with Crippen LogP contribution in [0.1, 0.15) is 56.6 Å². The Bertz CT molecular complexity index is 565. The Morgan fingerprint density at radius 3 is 1.90 bits per heavy atom. The SMILES string of the molecule is Cc1nn(C(C)C)c(C)c1-c1ccc(C(C)C)cc1.[Pd]. The van der Waals surface area contributed by atoms with Gasteiger partial charge in [0.25, 0.3) is 0 Å². The molecule has 0 N–H and O–H groups in total. The second-order valence-corrected chi connectivity index (χ2v) is 5.86. The molecule has 3 heteroatoms. The summed E-state index contributed by atoms with van der Waals surface area (Å²) in [6.45, 7) is 13.0. The first kappa shape index (κ1) is 17.1. The van der Waals surface area contributed by atoms with Crippen LogP contribution in [0, 0.1) is 13.8 Å². The van der Waals surface area contributed by atoms with Crippen LogP contribution in [-0.2, 0) is 20.4 Å². The number of aromatic nitrogens is 2. The first-order chi connectivity index (χ1) is 8.91. The standard InChI is InChI=1S/C17H24N2.Pd/c1-11(2)15-7-9-16(10-8-15)17-13(5)18-19(12(3)4)14(17)6;/h7-12H,1-6H3;. The maximum atomic E-state index is 4.66. The van der Waals surface area contributed by atoms with Crippen molar-refractivity contribution in [3.05, 3.63) is 41.2 Å². The smallest absolute Gasteiger partial charge is 0.0675 e. The maximum absolute atomic E-state index is 4.66. The average molecular weight is 363 g/mol. The molecule has 0 radical (unpaired) electrons. The molecular formula is C17H24N2Pd. The molecule has 0 saturated heterocycles. The van der Waals surface area contributed by atoms with Gasteiger partial charge < -0.3 is 0 Å². The van der Waals surface area contributed by atoms with Crippen LogP contribution in [0.2, 0.25) is 0 Å². The van der Waals surface area contributed by atoms with E-state index < -0.39 is 0 Å². The Morgan fingerprint density at radius 1 is 0.950 bits per heavy atom. The Hall–Kier alpha value is -0.908. The minimum Gasteiger partial charge on any atom is -0.266 e. The van der Waals surface area contributed by atoms with Crippen molar-refractivity contribution in [2.24, 2.45) is 0 Å². The largest absolute Gasteiger partial charge is 0.266 e. The fourth-order valence-electron chi connectivity index (χ4n) is 2.62. The molecule has 1 aromatic carbocycles. The van der Waals surface area contributed by atoms with Crippen molar-refractivity contribution in [2.75, 3.05) is 0 Å². The minimum absolute atomic E-state index is 0. The number of rotatable bonds is 3. The van der Waals surface area contributed by atoms with E-state index in [0.717, 1.165) is 5.69 Å². The summed E-state index contributed by atoms with van der Waals surface area (Å²) in [7, 11) is 0. The number of nitrogens with zero attached hydrogens (tertiary/aromatic N) is 2. The fraction of sp³-hybridized carbons (Fsp3) is 0.471. The van der Waals surface area contributed by atoms with Crippen molar-refractivity contribution in [1.29, 1.82) is 0 Å². The van der Waals surface area contributed by atoms with Crippen molar-refractivity contribution in [2.45, 2.75) is 53.5 Å². The molecule has 0 bridgehead atoms. The molecule has 0 atom stereocenters. The first-order valence-corrected chi connectivity index (χ1v) is 7.07.